The number of aromatic nitrogens is 3. The van der Waals surface area contributed by atoms with E-state index in [1.807, 2.05) is 19.9 Å². The number of amides is 1. The smallest absolute Gasteiger partial charge is 0.270 e. The number of aromatic amines is 1. The van der Waals surface area contributed by atoms with E-state index in [9.17, 15) is 9.59 Å². The van der Waals surface area contributed by atoms with E-state index in [1.54, 1.807) is 17.0 Å². The summed E-state index contributed by atoms with van der Waals surface area (Å²) in [6.45, 7) is 5.13. The predicted octanol–water partition coefficient (Wildman–Crippen LogP) is 1.41. The molecule has 1 amide bonds. The van der Waals surface area contributed by atoms with Crippen LogP contribution in [0.3, 0.4) is 0 Å². The molecule has 0 spiro atoms. The molecular formula is C16H18N4O2. The number of carbonyl (C=O) groups is 1. The number of rotatable bonds is 2. The predicted molar refractivity (Wildman–Crippen MR) is 81.8 cm³/mol. The molecule has 0 aliphatic carbocycles. The number of H-pyrrole nitrogens is 1. The monoisotopic (exact) mass is 298 g/mol. The third-order valence-electron chi connectivity index (χ3n) is 3.84. The summed E-state index contributed by atoms with van der Waals surface area (Å²) < 4.78 is 0. The highest BCUT2D eigenvalue weighted by molar-refractivity contribution is 5.92. The van der Waals surface area contributed by atoms with E-state index in [2.05, 4.69) is 15.0 Å². The minimum Gasteiger partial charge on any atom is -0.337 e. The summed E-state index contributed by atoms with van der Waals surface area (Å²) in [6.07, 6.45) is 0.839. The number of hydrogen-bond acceptors (Lipinski definition) is 4. The topological polar surface area (TPSA) is 79.0 Å². The summed E-state index contributed by atoms with van der Waals surface area (Å²) in [6, 6.07) is 6.56. The van der Waals surface area contributed by atoms with E-state index in [0.29, 0.717) is 18.8 Å². The minimum atomic E-state index is -0.265. The van der Waals surface area contributed by atoms with Gasteiger partial charge in [0.25, 0.3) is 5.91 Å². The Labute approximate surface area is 128 Å². The molecule has 1 fully saturated rings. The van der Waals surface area contributed by atoms with Crippen molar-refractivity contribution in [1.82, 2.24) is 19.9 Å². The second-order valence-corrected chi connectivity index (χ2v) is 5.67. The Balaban J connectivity index is 1.77. The Hall–Kier alpha value is -2.50. The fraction of sp³-hybridized carbons (Fsp3) is 0.375. The summed E-state index contributed by atoms with van der Waals surface area (Å²) in [4.78, 5) is 37.1. The number of hydrogen-bond donors (Lipinski definition) is 1. The van der Waals surface area contributed by atoms with Crippen molar-refractivity contribution in [1.29, 1.82) is 0 Å². The molecule has 0 saturated carbocycles. The van der Waals surface area contributed by atoms with E-state index in [0.717, 1.165) is 23.6 Å². The highest BCUT2D eigenvalue weighted by Gasteiger charge is 2.30. The zero-order valence-corrected chi connectivity index (χ0v) is 12.7. The zero-order chi connectivity index (χ0) is 15.7. The van der Waals surface area contributed by atoms with Gasteiger partial charge in [-0.25, -0.2) is 9.97 Å². The van der Waals surface area contributed by atoms with Crippen LogP contribution in [0.4, 0.5) is 0 Å². The standard InChI is InChI=1S/C16H18N4O2/c1-10-8-11(2)18-15(17-10)12-6-7-20(9-12)16(22)13-4-3-5-14(21)19-13/h3-5,8,12H,6-7,9H2,1-2H3,(H,19,21). The van der Waals surface area contributed by atoms with Gasteiger partial charge in [-0.3, -0.25) is 9.59 Å². The van der Waals surface area contributed by atoms with Gasteiger partial charge in [-0.1, -0.05) is 6.07 Å². The molecule has 0 radical (unpaired) electrons. The van der Waals surface area contributed by atoms with Crippen LogP contribution in [-0.2, 0) is 0 Å². The van der Waals surface area contributed by atoms with E-state index >= 15 is 0 Å². The van der Waals surface area contributed by atoms with Crippen LogP contribution in [0.2, 0.25) is 0 Å². The normalized spacial score (nSPS) is 17.7. The van der Waals surface area contributed by atoms with Crippen molar-refractivity contribution in [3.8, 4) is 0 Å². The number of nitrogens with one attached hydrogen (secondary N) is 1. The van der Waals surface area contributed by atoms with E-state index in [-0.39, 0.29) is 17.4 Å². The van der Waals surface area contributed by atoms with Crippen molar-refractivity contribution in [2.45, 2.75) is 26.2 Å². The lowest BCUT2D eigenvalue weighted by molar-refractivity contribution is 0.0784. The summed E-state index contributed by atoms with van der Waals surface area (Å²) in [5.74, 6) is 0.803. The molecule has 2 aromatic heterocycles. The number of aryl methyl sites for hydroxylation is 2. The van der Waals surface area contributed by atoms with Crippen LogP contribution in [0, 0.1) is 13.8 Å². The maximum absolute atomic E-state index is 12.4. The van der Waals surface area contributed by atoms with Gasteiger partial charge in [0.1, 0.15) is 11.5 Å². The Kier molecular flexibility index (Phi) is 3.75. The van der Waals surface area contributed by atoms with E-state index < -0.39 is 0 Å². The number of pyridine rings is 1. The number of likely N-dealkylation sites (tertiary alicyclic amines) is 1. The largest absolute Gasteiger partial charge is 0.337 e. The maximum Gasteiger partial charge on any atom is 0.270 e. The maximum atomic E-state index is 12.4. The molecule has 6 nitrogen and oxygen atoms in total. The molecule has 3 heterocycles. The first-order chi connectivity index (χ1) is 10.5. The van der Waals surface area contributed by atoms with Gasteiger partial charge < -0.3 is 9.88 Å². The molecular weight excluding hydrogens is 280 g/mol. The Bertz CT molecular complexity index is 748. The third kappa shape index (κ3) is 2.90. The number of nitrogens with zero attached hydrogens (tertiary/aromatic N) is 3. The van der Waals surface area contributed by atoms with Gasteiger partial charge in [-0.2, -0.15) is 0 Å². The second kappa shape index (κ2) is 5.71. The van der Waals surface area contributed by atoms with Crippen LogP contribution < -0.4 is 5.56 Å². The van der Waals surface area contributed by atoms with Gasteiger partial charge in [0.05, 0.1) is 0 Å². The highest BCUT2D eigenvalue weighted by atomic mass is 16.2. The first-order valence-corrected chi connectivity index (χ1v) is 7.34. The Morgan fingerprint density at radius 1 is 1.27 bits per heavy atom. The number of carbonyl (C=O) groups excluding carboxylic acids is 1. The van der Waals surface area contributed by atoms with Gasteiger partial charge in [-0.15, -0.1) is 0 Å². The van der Waals surface area contributed by atoms with Crippen molar-refractivity contribution in [2.75, 3.05) is 13.1 Å². The van der Waals surface area contributed by atoms with Crippen LogP contribution in [-0.4, -0.2) is 38.8 Å². The SMILES string of the molecule is Cc1cc(C)nc(C2CCN(C(=O)c3cccc(=O)[nH]3)C2)n1. The molecule has 1 saturated heterocycles. The van der Waals surface area contributed by atoms with Crippen LogP contribution in [0.15, 0.2) is 29.1 Å². The molecule has 2 aromatic rings. The van der Waals surface area contributed by atoms with Crippen LogP contribution >= 0.6 is 0 Å². The van der Waals surface area contributed by atoms with Gasteiger partial charge >= 0.3 is 0 Å². The lowest BCUT2D eigenvalue weighted by Gasteiger charge is -2.16. The summed E-state index contributed by atoms with van der Waals surface area (Å²) in [5, 5.41) is 0. The Morgan fingerprint density at radius 2 is 2.00 bits per heavy atom. The zero-order valence-electron chi connectivity index (χ0n) is 12.7. The van der Waals surface area contributed by atoms with Crippen molar-refractivity contribution in [3.63, 3.8) is 0 Å². The molecule has 1 N–H and O–H groups in total. The molecule has 1 unspecified atom stereocenters. The quantitative estimate of drug-likeness (QED) is 0.909. The molecule has 6 heteroatoms. The Morgan fingerprint density at radius 3 is 2.68 bits per heavy atom. The first-order valence-electron chi connectivity index (χ1n) is 7.34. The van der Waals surface area contributed by atoms with Crippen LogP contribution in [0.25, 0.3) is 0 Å². The lowest BCUT2D eigenvalue weighted by Crippen LogP contribution is -2.30. The first kappa shape index (κ1) is 14.4. The molecule has 0 bridgehead atoms. The van der Waals surface area contributed by atoms with Crippen molar-refractivity contribution >= 4 is 5.91 Å². The van der Waals surface area contributed by atoms with Crippen LogP contribution in [0.1, 0.15) is 40.0 Å². The molecule has 1 aliphatic heterocycles. The van der Waals surface area contributed by atoms with Crippen molar-refractivity contribution in [3.05, 3.63) is 57.5 Å². The van der Waals surface area contributed by atoms with Gasteiger partial charge in [0, 0.05) is 36.5 Å². The van der Waals surface area contributed by atoms with Crippen molar-refractivity contribution < 1.29 is 4.79 Å². The van der Waals surface area contributed by atoms with E-state index in [1.165, 1.54) is 6.07 Å². The van der Waals surface area contributed by atoms with Gasteiger partial charge in [-0.05, 0) is 32.4 Å². The fourth-order valence-corrected chi connectivity index (χ4v) is 2.83. The van der Waals surface area contributed by atoms with E-state index in [4.69, 9.17) is 0 Å². The molecule has 1 atom stereocenters. The molecule has 0 aromatic carbocycles. The molecule has 114 valence electrons. The fourth-order valence-electron chi connectivity index (χ4n) is 2.83. The molecule has 22 heavy (non-hydrogen) atoms. The van der Waals surface area contributed by atoms with Gasteiger partial charge in [0.15, 0.2) is 0 Å². The minimum absolute atomic E-state index is 0.149. The third-order valence-corrected chi connectivity index (χ3v) is 3.84. The van der Waals surface area contributed by atoms with Crippen LogP contribution in [0.5, 0.6) is 0 Å². The average Bonchev–Trinajstić information content (AvgIpc) is 2.95. The summed E-state index contributed by atoms with van der Waals surface area (Å²) in [7, 11) is 0. The highest BCUT2D eigenvalue weighted by Crippen LogP contribution is 2.25. The average molecular weight is 298 g/mol. The van der Waals surface area contributed by atoms with Crippen molar-refractivity contribution in [2.24, 2.45) is 0 Å². The second-order valence-electron chi connectivity index (χ2n) is 5.67. The summed E-state index contributed by atoms with van der Waals surface area (Å²) in [5.41, 5.74) is 1.95. The molecule has 3 rings (SSSR count). The van der Waals surface area contributed by atoms with Gasteiger partial charge in [0.2, 0.25) is 5.56 Å². The summed E-state index contributed by atoms with van der Waals surface area (Å²) >= 11 is 0. The molecule has 1 aliphatic rings. The lowest BCUT2D eigenvalue weighted by atomic mass is 10.1.